The van der Waals surface area contributed by atoms with E-state index in [1.807, 2.05) is 52.1 Å². The summed E-state index contributed by atoms with van der Waals surface area (Å²) in [6.45, 7) is 0.577. The van der Waals surface area contributed by atoms with Crippen LogP contribution in [-0.2, 0) is 11.2 Å². The highest BCUT2D eigenvalue weighted by molar-refractivity contribution is 7.99. The van der Waals surface area contributed by atoms with Crippen LogP contribution < -0.4 is 5.32 Å². The molecule has 3 aromatic rings. The second-order valence-electron chi connectivity index (χ2n) is 6.15. The third-order valence-corrected chi connectivity index (χ3v) is 5.01. The summed E-state index contributed by atoms with van der Waals surface area (Å²) in [5.74, 6) is 0.298. The van der Waals surface area contributed by atoms with E-state index in [1.54, 1.807) is 0 Å². The van der Waals surface area contributed by atoms with Crippen molar-refractivity contribution >= 4 is 17.7 Å². The van der Waals surface area contributed by atoms with Gasteiger partial charge in [-0.15, -0.1) is 5.10 Å². The van der Waals surface area contributed by atoms with Crippen LogP contribution in [0.5, 0.6) is 0 Å². The van der Waals surface area contributed by atoms with Crippen LogP contribution in [0.3, 0.4) is 0 Å². The van der Waals surface area contributed by atoms with Crippen LogP contribution >= 0.6 is 11.8 Å². The molecule has 0 bridgehead atoms. The highest BCUT2D eigenvalue weighted by Crippen LogP contribution is 2.36. The van der Waals surface area contributed by atoms with E-state index in [2.05, 4.69) is 25.9 Å². The van der Waals surface area contributed by atoms with Gasteiger partial charge in [0.25, 0.3) is 0 Å². The van der Waals surface area contributed by atoms with Crippen molar-refractivity contribution in [3.8, 4) is 5.69 Å². The van der Waals surface area contributed by atoms with Gasteiger partial charge in [-0.2, -0.15) is 5.10 Å². The van der Waals surface area contributed by atoms with E-state index >= 15 is 0 Å². The Labute approximate surface area is 155 Å². The molecule has 1 amide bonds. The minimum absolute atomic E-state index is 0.0178. The van der Waals surface area contributed by atoms with E-state index in [0.29, 0.717) is 23.5 Å². The van der Waals surface area contributed by atoms with Gasteiger partial charge >= 0.3 is 0 Å². The smallest absolute Gasteiger partial charge is 0.230 e. The first-order valence-corrected chi connectivity index (χ1v) is 9.54. The van der Waals surface area contributed by atoms with E-state index in [0.717, 1.165) is 30.5 Å². The van der Waals surface area contributed by atoms with Gasteiger partial charge in [0, 0.05) is 12.7 Å². The van der Waals surface area contributed by atoms with Gasteiger partial charge < -0.3 is 5.32 Å². The van der Waals surface area contributed by atoms with Gasteiger partial charge in [0.2, 0.25) is 11.1 Å². The average Bonchev–Trinajstić information content (AvgIpc) is 3.21. The Kier molecular flexibility index (Phi) is 4.96. The second kappa shape index (κ2) is 7.69. The van der Waals surface area contributed by atoms with E-state index in [-0.39, 0.29) is 5.91 Å². The molecule has 1 saturated carbocycles. The predicted molar refractivity (Wildman–Crippen MR) is 97.1 cm³/mol. The van der Waals surface area contributed by atoms with Crippen molar-refractivity contribution in [3.05, 3.63) is 48.3 Å². The Morgan fingerprint density at radius 2 is 2.12 bits per heavy atom. The average molecular weight is 369 g/mol. The van der Waals surface area contributed by atoms with Crippen molar-refractivity contribution < 1.29 is 4.79 Å². The minimum Gasteiger partial charge on any atom is -0.355 e. The molecular weight excluding hydrogens is 350 g/mol. The molecule has 2 aromatic heterocycles. The lowest BCUT2D eigenvalue weighted by molar-refractivity contribution is -0.118. The topological polar surface area (TPSA) is 90.5 Å². The van der Waals surface area contributed by atoms with Gasteiger partial charge in [-0.3, -0.25) is 4.79 Å². The molecule has 0 saturated heterocycles. The first-order chi connectivity index (χ1) is 12.8. The Bertz CT molecular complexity index is 872. The number of para-hydroxylation sites is 1. The Hall–Kier alpha value is -2.68. The molecule has 0 unspecified atom stereocenters. The van der Waals surface area contributed by atoms with Crippen molar-refractivity contribution in [1.29, 1.82) is 0 Å². The molecule has 2 heterocycles. The van der Waals surface area contributed by atoms with Gasteiger partial charge in [-0.25, -0.2) is 9.36 Å². The number of rotatable bonds is 8. The summed E-state index contributed by atoms with van der Waals surface area (Å²) in [7, 11) is 0. The Morgan fingerprint density at radius 3 is 2.92 bits per heavy atom. The lowest BCUT2D eigenvalue weighted by Crippen LogP contribution is -2.27. The van der Waals surface area contributed by atoms with Crippen LogP contribution in [0.15, 0.2) is 47.9 Å². The Morgan fingerprint density at radius 1 is 1.27 bits per heavy atom. The maximum atomic E-state index is 12.0. The van der Waals surface area contributed by atoms with Crippen molar-refractivity contribution in [2.24, 2.45) is 0 Å². The summed E-state index contributed by atoms with van der Waals surface area (Å²) in [6.07, 6.45) is 6.78. The fourth-order valence-electron chi connectivity index (χ4n) is 2.57. The fraction of sp³-hybridized carbons (Fsp3) is 0.353. The zero-order valence-corrected chi connectivity index (χ0v) is 15.0. The van der Waals surface area contributed by atoms with Crippen molar-refractivity contribution in [3.63, 3.8) is 0 Å². The number of tetrazole rings is 1. The molecule has 134 valence electrons. The van der Waals surface area contributed by atoms with Crippen molar-refractivity contribution in [2.45, 2.75) is 30.5 Å². The maximum absolute atomic E-state index is 12.0. The minimum atomic E-state index is -0.0178. The fourth-order valence-corrected chi connectivity index (χ4v) is 3.34. The van der Waals surface area contributed by atoms with Crippen LogP contribution in [0, 0.1) is 0 Å². The Balaban J connectivity index is 1.21. The molecule has 9 heteroatoms. The van der Waals surface area contributed by atoms with Gasteiger partial charge in [-0.1, -0.05) is 30.0 Å². The number of benzene rings is 1. The van der Waals surface area contributed by atoms with Crippen LogP contribution in [0.2, 0.25) is 0 Å². The molecule has 1 aliphatic rings. The second-order valence-corrected chi connectivity index (χ2v) is 7.10. The third-order valence-electron chi connectivity index (χ3n) is 4.08. The first kappa shape index (κ1) is 16.8. The molecule has 0 aliphatic heterocycles. The summed E-state index contributed by atoms with van der Waals surface area (Å²) < 4.78 is 3.65. The van der Waals surface area contributed by atoms with Gasteiger partial charge in [0.1, 0.15) is 0 Å². The van der Waals surface area contributed by atoms with Crippen LogP contribution in [0.25, 0.3) is 5.69 Å². The molecule has 1 aliphatic carbocycles. The standard InChI is InChI=1S/C17H19N7OS/c25-16(12-26-17-20-21-22-24(17)15-6-7-15)18-9-8-13-10-19-23(11-13)14-4-2-1-3-5-14/h1-5,10-11,15H,6-9,12H2,(H,18,25). The number of amides is 1. The summed E-state index contributed by atoms with van der Waals surface area (Å²) in [5, 5.41) is 19.7. The van der Waals surface area contributed by atoms with E-state index in [1.165, 1.54) is 11.8 Å². The summed E-state index contributed by atoms with van der Waals surface area (Å²) in [4.78, 5) is 12.0. The number of thioether (sulfide) groups is 1. The molecule has 1 N–H and O–H groups in total. The van der Waals surface area contributed by atoms with Gasteiger partial charge in [-0.05, 0) is 47.4 Å². The predicted octanol–water partition coefficient (Wildman–Crippen LogP) is 1.64. The SMILES string of the molecule is O=C(CSc1nnnn1C1CC1)NCCc1cnn(-c2ccccc2)c1. The molecule has 1 fully saturated rings. The quantitative estimate of drug-likeness (QED) is 0.607. The van der Waals surface area contributed by atoms with Crippen LogP contribution in [-0.4, -0.2) is 48.2 Å². The number of hydrogen-bond acceptors (Lipinski definition) is 6. The van der Waals surface area contributed by atoms with Gasteiger partial charge in [0.05, 0.1) is 23.7 Å². The zero-order chi connectivity index (χ0) is 17.8. The number of nitrogens with zero attached hydrogens (tertiary/aromatic N) is 6. The van der Waals surface area contributed by atoms with E-state index < -0.39 is 0 Å². The molecule has 26 heavy (non-hydrogen) atoms. The number of aromatic nitrogens is 6. The van der Waals surface area contributed by atoms with Gasteiger partial charge in [0.15, 0.2) is 0 Å². The molecule has 0 radical (unpaired) electrons. The first-order valence-electron chi connectivity index (χ1n) is 8.56. The van der Waals surface area contributed by atoms with E-state index in [4.69, 9.17) is 0 Å². The summed E-state index contributed by atoms with van der Waals surface area (Å²) in [6, 6.07) is 10.4. The highest BCUT2D eigenvalue weighted by Gasteiger charge is 2.28. The van der Waals surface area contributed by atoms with Crippen LogP contribution in [0.4, 0.5) is 0 Å². The normalized spacial score (nSPS) is 13.7. The number of carbonyl (C=O) groups excluding carboxylic acids is 1. The lowest BCUT2D eigenvalue weighted by Gasteiger charge is -2.04. The molecule has 4 rings (SSSR count). The lowest BCUT2D eigenvalue weighted by atomic mass is 10.2. The largest absolute Gasteiger partial charge is 0.355 e. The number of carbonyl (C=O) groups is 1. The molecule has 0 atom stereocenters. The zero-order valence-electron chi connectivity index (χ0n) is 14.2. The molecule has 8 nitrogen and oxygen atoms in total. The maximum Gasteiger partial charge on any atom is 0.230 e. The monoisotopic (exact) mass is 369 g/mol. The van der Waals surface area contributed by atoms with Crippen molar-refractivity contribution in [1.82, 2.24) is 35.3 Å². The summed E-state index contributed by atoms with van der Waals surface area (Å²) in [5.41, 5.74) is 2.10. The van der Waals surface area contributed by atoms with Crippen molar-refractivity contribution in [2.75, 3.05) is 12.3 Å². The number of nitrogens with one attached hydrogen (secondary N) is 1. The highest BCUT2D eigenvalue weighted by atomic mass is 32.2. The van der Waals surface area contributed by atoms with Crippen LogP contribution in [0.1, 0.15) is 24.4 Å². The molecule has 1 aromatic carbocycles. The number of hydrogen-bond donors (Lipinski definition) is 1. The van der Waals surface area contributed by atoms with E-state index in [9.17, 15) is 4.79 Å². The summed E-state index contributed by atoms with van der Waals surface area (Å²) >= 11 is 1.38. The molecular formula is C17H19N7OS. The molecule has 0 spiro atoms. The third kappa shape index (κ3) is 4.10.